The molecule has 0 saturated heterocycles. The maximum Gasteiger partial charge on any atom is 0.416 e. The summed E-state index contributed by atoms with van der Waals surface area (Å²) in [5, 5.41) is 2.72. The molecule has 32 heavy (non-hydrogen) atoms. The van der Waals surface area contributed by atoms with Crippen molar-refractivity contribution in [2.75, 3.05) is 44.4 Å². The average Bonchev–Trinajstić information content (AvgIpc) is 3.15. The topological polar surface area (TPSA) is 61.6 Å². The number of nitrogens with one attached hydrogen (secondary N) is 1. The molecule has 3 aromatic rings. The number of oxazole rings is 1. The zero-order valence-electron chi connectivity index (χ0n) is 18.1. The van der Waals surface area contributed by atoms with Crippen LogP contribution in [0.15, 0.2) is 53.0 Å². The Morgan fingerprint density at radius 2 is 1.81 bits per heavy atom. The Bertz CT molecular complexity index is 1090. The number of carbonyl (C=O) groups is 1. The van der Waals surface area contributed by atoms with Gasteiger partial charge in [0.05, 0.1) is 5.56 Å². The number of fused-ring (bicyclic) bond motifs is 1. The van der Waals surface area contributed by atoms with E-state index in [1.165, 1.54) is 24.3 Å². The van der Waals surface area contributed by atoms with Crippen LogP contribution in [-0.4, -0.2) is 50.0 Å². The molecule has 2 aromatic carbocycles. The van der Waals surface area contributed by atoms with Crippen molar-refractivity contribution in [1.29, 1.82) is 0 Å². The number of carbonyl (C=O) groups excluding carboxylic acids is 1. The Balaban J connectivity index is 1.61. The normalized spacial score (nSPS) is 12.1. The van der Waals surface area contributed by atoms with E-state index in [1.54, 1.807) is 18.2 Å². The molecule has 0 aliphatic rings. The molecule has 0 spiro atoms. The van der Waals surface area contributed by atoms with E-state index in [9.17, 15) is 18.0 Å². The molecule has 1 aromatic heterocycles. The van der Waals surface area contributed by atoms with Crippen LogP contribution in [0.1, 0.15) is 17.5 Å². The zero-order valence-corrected chi connectivity index (χ0v) is 18.1. The van der Waals surface area contributed by atoms with Crippen molar-refractivity contribution in [2.45, 2.75) is 12.6 Å². The summed E-state index contributed by atoms with van der Waals surface area (Å²) in [7, 11) is 5.96. The second-order valence-electron chi connectivity index (χ2n) is 7.70. The van der Waals surface area contributed by atoms with E-state index < -0.39 is 17.6 Å². The highest BCUT2D eigenvalue weighted by Gasteiger charge is 2.29. The molecule has 0 bridgehead atoms. The lowest BCUT2D eigenvalue weighted by atomic mass is 10.1. The Hall–Kier alpha value is -3.33. The first-order valence-electron chi connectivity index (χ1n) is 10.0. The van der Waals surface area contributed by atoms with Gasteiger partial charge < -0.3 is 19.5 Å². The summed E-state index contributed by atoms with van der Waals surface area (Å²) in [6, 6.07) is 10.2. The number of rotatable bonds is 8. The van der Waals surface area contributed by atoms with Gasteiger partial charge in [-0.05, 0) is 69.0 Å². The minimum absolute atomic E-state index is 0.409. The fourth-order valence-corrected chi connectivity index (χ4v) is 3.02. The first-order chi connectivity index (χ1) is 15.1. The van der Waals surface area contributed by atoms with Crippen molar-refractivity contribution < 1.29 is 22.4 Å². The van der Waals surface area contributed by atoms with Crippen LogP contribution in [0, 0.1) is 0 Å². The summed E-state index contributed by atoms with van der Waals surface area (Å²) in [6.07, 6.45) is -0.709. The Morgan fingerprint density at radius 1 is 1.09 bits per heavy atom. The highest BCUT2D eigenvalue weighted by molar-refractivity contribution is 6.02. The van der Waals surface area contributed by atoms with Crippen LogP contribution < -0.4 is 10.2 Å². The van der Waals surface area contributed by atoms with Crippen LogP contribution in [0.2, 0.25) is 0 Å². The lowest BCUT2D eigenvalue weighted by Gasteiger charge is -2.15. The fourth-order valence-electron chi connectivity index (χ4n) is 3.02. The van der Waals surface area contributed by atoms with Gasteiger partial charge in [0.15, 0.2) is 5.58 Å². The van der Waals surface area contributed by atoms with E-state index in [2.05, 4.69) is 15.2 Å². The van der Waals surface area contributed by atoms with Gasteiger partial charge in [-0.2, -0.15) is 18.2 Å². The van der Waals surface area contributed by atoms with Crippen molar-refractivity contribution >= 4 is 34.8 Å². The maximum atomic E-state index is 12.6. The Morgan fingerprint density at radius 3 is 2.47 bits per heavy atom. The van der Waals surface area contributed by atoms with Gasteiger partial charge >= 0.3 is 6.18 Å². The highest BCUT2D eigenvalue weighted by Crippen LogP contribution is 2.29. The standard InChI is InChI=1S/C23H25F3N4O2/c1-29(2)13-4-14-30(3)22-28-19-15-18(10-11-20(19)32-22)27-21(31)12-7-16-5-8-17(9-6-16)23(24,25)26/h5-12,15H,4,13-14H2,1-3H3,(H,27,31)/b12-7-. The van der Waals surface area contributed by atoms with Crippen LogP contribution in [0.4, 0.5) is 24.9 Å². The van der Waals surface area contributed by atoms with E-state index in [-0.39, 0.29) is 0 Å². The van der Waals surface area contributed by atoms with Crippen molar-refractivity contribution in [3.8, 4) is 0 Å². The smallest absolute Gasteiger partial charge is 0.416 e. The van der Waals surface area contributed by atoms with Crippen LogP contribution in [0.25, 0.3) is 17.2 Å². The number of hydrogen-bond donors (Lipinski definition) is 1. The minimum Gasteiger partial charge on any atom is -0.423 e. The quantitative estimate of drug-likeness (QED) is 0.500. The number of nitrogens with zero attached hydrogens (tertiary/aromatic N) is 3. The third-order valence-electron chi connectivity index (χ3n) is 4.73. The molecule has 0 atom stereocenters. The molecule has 1 heterocycles. The van der Waals surface area contributed by atoms with Gasteiger partial charge in [0, 0.05) is 25.4 Å². The van der Waals surface area contributed by atoms with Crippen molar-refractivity contribution in [1.82, 2.24) is 9.88 Å². The summed E-state index contributed by atoms with van der Waals surface area (Å²) < 4.78 is 43.6. The second-order valence-corrected chi connectivity index (χ2v) is 7.70. The number of alkyl halides is 3. The minimum atomic E-state index is -4.39. The van der Waals surface area contributed by atoms with Gasteiger partial charge in [-0.1, -0.05) is 12.1 Å². The summed E-state index contributed by atoms with van der Waals surface area (Å²) in [6.45, 7) is 1.75. The molecule has 0 saturated carbocycles. The second kappa shape index (κ2) is 9.86. The number of benzene rings is 2. The maximum absolute atomic E-state index is 12.6. The summed E-state index contributed by atoms with van der Waals surface area (Å²) >= 11 is 0. The molecule has 3 rings (SSSR count). The number of amides is 1. The first-order valence-corrected chi connectivity index (χ1v) is 10.0. The van der Waals surface area contributed by atoms with Crippen LogP contribution >= 0.6 is 0 Å². The van der Waals surface area contributed by atoms with Crippen LogP contribution in [-0.2, 0) is 11.0 Å². The number of halogens is 3. The highest BCUT2D eigenvalue weighted by atomic mass is 19.4. The average molecular weight is 446 g/mol. The van der Waals surface area contributed by atoms with Gasteiger partial charge in [0.2, 0.25) is 5.91 Å². The van der Waals surface area contributed by atoms with E-state index in [1.807, 2.05) is 26.0 Å². The van der Waals surface area contributed by atoms with Crippen molar-refractivity contribution in [2.24, 2.45) is 0 Å². The predicted molar refractivity (Wildman–Crippen MR) is 120 cm³/mol. The molecular formula is C23H25F3N4O2. The number of anilines is 2. The molecule has 0 unspecified atom stereocenters. The molecule has 9 heteroatoms. The summed E-state index contributed by atoms with van der Waals surface area (Å²) in [4.78, 5) is 20.7. The SMILES string of the molecule is CN(C)CCCN(C)c1nc2cc(NC(=O)/C=C\c3ccc(C(F)(F)F)cc3)ccc2o1. The van der Waals surface area contributed by atoms with E-state index >= 15 is 0 Å². The molecular weight excluding hydrogens is 421 g/mol. The molecule has 1 N–H and O–H groups in total. The largest absolute Gasteiger partial charge is 0.423 e. The van der Waals surface area contributed by atoms with Crippen molar-refractivity contribution in [3.05, 3.63) is 59.7 Å². The van der Waals surface area contributed by atoms with Gasteiger partial charge in [-0.15, -0.1) is 0 Å². The number of hydrogen-bond acceptors (Lipinski definition) is 5. The number of aromatic nitrogens is 1. The molecule has 0 radical (unpaired) electrons. The van der Waals surface area contributed by atoms with Gasteiger partial charge in [0.1, 0.15) is 5.52 Å². The molecule has 170 valence electrons. The van der Waals surface area contributed by atoms with Crippen LogP contribution in [0.3, 0.4) is 0 Å². The third-order valence-corrected chi connectivity index (χ3v) is 4.73. The van der Waals surface area contributed by atoms with E-state index in [0.29, 0.717) is 28.4 Å². The van der Waals surface area contributed by atoms with Crippen LogP contribution in [0.5, 0.6) is 0 Å². The molecule has 6 nitrogen and oxygen atoms in total. The molecule has 0 aliphatic heterocycles. The third kappa shape index (κ3) is 6.34. The van der Waals surface area contributed by atoms with Gasteiger partial charge in [0.25, 0.3) is 6.01 Å². The predicted octanol–water partition coefficient (Wildman–Crippen LogP) is 4.89. The monoisotopic (exact) mass is 446 g/mol. The van der Waals surface area contributed by atoms with Crippen molar-refractivity contribution in [3.63, 3.8) is 0 Å². The Labute approximate surface area is 184 Å². The molecule has 0 fully saturated rings. The molecule has 1 amide bonds. The molecule has 0 aliphatic carbocycles. The van der Waals surface area contributed by atoms with E-state index in [4.69, 9.17) is 4.42 Å². The lowest BCUT2D eigenvalue weighted by molar-refractivity contribution is -0.137. The summed E-state index contributed by atoms with van der Waals surface area (Å²) in [5.74, 6) is -0.409. The Kier molecular flexibility index (Phi) is 7.19. The lowest BCUT2D eigenvalue weighted by Crippen LogP contribution is -2.23. The summed E-state index contributed by atoms with van der Waals surface area (Å²) in [5.41, 5.74) is 1.51. The van der Waals surface area contributed by atoms with Gasteiger partial charge in [-0.25, -0.2) is 0 Å². The fraction of sp³-hybridized carbons (Fsp3) is 0.304. The van der Waals surface area contributed by atoms with Gasteiger partial charge in [-0.3, -0.25) is 4.79 Å². The first kappa shape index (κ1) is 23.3. The van der Waals surface area contributed by atoms with E-state index in [0.717, 1.165) is 31.6 Å². The zero-order chi connectivity index (χ0) is 23.3.